The first kappa shape index (κ1) is 36.2. The van der Waals surface area contributed by atoms with Gasteiger partial charge in [0, 0.05) is 42.8 Å². The van der Waals surface area contributed by atoms with Gasteiger partial charge in [-0.05, 0) is 58.4 Å². The molecule has 0 bridgehead atoms. The van der Waals surface area contributed by atoms with Gasteiger partial charge in [-0.15, -0.1) is 22.7 Å². The number of hydrogen-bond acceptors (Lipinski definition) is 10. The molecule has 0 spiro atoms. The molecule has 0 aliphatic heterocycles. The van der Waals surface area contributed by atoms with Crippen molar-refractivity contribution in [3.05, 3.63) is 79.4 Å². The summed E-state index contributed by atoms with van der Waals surface area (Å²) in [5.41, 5.74) is 5.48. The number of methoxy groups -OCH3 is 4. The minimum Gasteiger partial charge on any atom is -0.493 e. The van der Waals surface area contributed by atoms with Crippen LogP contribution in [0.4, 0.5) is 0 Å². The fourth-order valence-corrected chi connectivity index (χ4v) is 9.81. The maximum Gasteiger partial charge on any atom is 0.271 e. The highest BCUT2D eigenvalue weighted by atomic mass is 32.1. The lowest BCUT2D eigenvalue weighted by Gasteiger charge is -2.18. The van der Waals surface area contributed by atoms with Gasteiger partial charge in [-0.25, -0.2) is 20.2 Å². The van der Waals surface area contributed by atoms with Crippen LogP contribution in [0.2, 0.25) is 0 Å². The van der Waals surface area contributed by atoms with Crippen LogP contribution in [0, 0.1) is 47.6 Å². The van der Waals surface area contributed by atoms with Crippen LogP contribution in [0.25, 0.3) is 63.3 Å². The lowest BCUT2D eigenvalue weighted by molar-refractivity contribution is 0.273. The zero-order chi connectivity index (χ0) is 38.6. The fraction of sp³-hybridized carbons (Fsp3) is 0.286. The number of rotatable bonds is 10. The highest BCUT2D eigenvalue weighted by Crippen LogP contribution is 2.65. The zero-order valence-electron chi connectivity index (χ0n) is 30.9. The number of thiophene rings is 2. The molecule has 0 atom stereocenters. The summed E-state index contributed by atoms with van der Waals surface area (Å²) in [6.45, 7) is 25.1. The van der Waals surface area contributed by atoms with E-state index in [9.17, 15) is 10.5 Å². The van der Waals surface area contributed by atoms with Gasteiger partial charge in [0.2, 0.25) is 0 Å². The summed E-state index contributed by atoms with van der Waals surface area (Å²) in [5, 5.41) is 22.1. The summed E-state index contributed by atoms with van der Waals surface area (Å²) in [4.78, 5) is 8.83. The minimum atomic E-state index is -0.0429. The maximum atomic E-state index is 10.3. The Labute approximate surface area is 321 Å². The molecular formula is C42H34N4O6S2. The predicted molar refractivity (Wildman–Crippen MR) is 211 cm³/mol. The Bertz CT molecular complexity index is 2450. The normalized spacial score (nSPS) is 14.0. The van der Waals surface area contributed by atoms with E-state index in [1.54, 1.807) is 28.4 Å². The smallest absolute Gasteiger partial charge is 0.271 e. The molecule has 2 heterocycles. The monoisotopic (exact) mass is 754 g/mol. The molecule has 0 saturated heterocycles. The second kappa shape index (κ2) is 14.0. The molecule has 12 heteroatoms. The molecule has 5 aromatic rings. The van der Waals surface area contributed by atoms with Crippen LogP contribution in [0.15, 0.2) is 35.7 Å². The first-order chi connectivity index (χ1) is 26.1. The molecular weight excluding hydrogens is 721 g/mol. The second-order valence-corrected chi connectivity index (χ2v) is 15.5. The van der Waals surface area contributed by atoms with Gasteiger partial charge in [0.25, 0.3) is 11.4 Å². The van der Waals surface area contributed by atoms with Crippen LogP contribution in [0.5, 0.6) is 34.5 Å². The van der Waals surface area contributed by atoms with Crippen LogP contribution < -0.4 is 28.4 Å². The molecule has 0 radical (unpaired) electrons. The number of fused-ring (bicyclic) bond motifs is 10. The van der Waals surface area contributed by atoms with Gasteiger partial charge in [-0.1, -0.05) is 27.7 Å². The van der Waals surface area contributed by atoms with Gasteiger partial charge >= 0.3 is 0 Å². The predicted octanol–water partition coefficient (Wildman–Crippen LogP) is 10.6. The van der Waals surface area contributed by atoms with Gasteiger partial charge in [0.15, 0.2) is 23.0 Å². The van der Waals surface area contributed by atoms with Gasteiger partial charge in [0.05, 0.1) is 76.3 Å². The SMILES string of the molecule is [C-]#[N+]/C(C#N)=C1/c2cc(OC)c(OC)cc2-c2c1sc1c(OCC(C)C)c3c4c(sc3c(OCC(C)C)c21)/C(=C(\C#N)[N+]#[C-])c1cc(OC)c(OC)cc1-4. The summed E-state index contributed by atoms with van der Waals surface area (Å²) in [5.74, 6) is 3.53. The number of benzene rings is 3. The highest BCUT2D eigenvalue weighted by Gasteiger charge is 2.40. The van der Waals surface area contributed by atoms with Gasteiger partial charge in [-0.2, -0.15) is 0 Å². The van der Waals surface area contributed by atoms with Crippen LogP contribution in [0.1, 0.15) is 48.6 Å². The third kappa shape index (κ3) is 5.30. The number of nitrogens with zero attached hydrogens (tertiary/aromatic N) is 4. The average Bonchev–Trinajstić information content (AvgIpc) is 3.90. The Hall–Kier alpha value is -6.18. The first-order valence-electron chi connectivity index (χ1n) is 17.0. The van der Waals surface area contributed by atoms with Crippen LogP contribution >= 0.6 is 22.7 Å². The Morgan fingerprint density at radius 2 is 0.944 bits per heavy atom. The molecule has 7 rings (SSSR count). The van der Waals surface area contributed by atoms with Crippen molar-refractivity contribution in [2.45, 2.75) is 27.7 Å². The summed E-state index contributed by atoms with van der Waals surface area (Å²) < 4.78 is 38.1. The molecule has 2 aromatic heterocycles. The fourth-order valence-electron chi connectivity index (χ4n) is 7.06. The summed E-state index contributed by atoms with van der Waals surface area (Å²) in [7, 11) is 6.24. The first-order valence-corrected chi connectivity index (χ1v) is 18.7. The highest BCUT2D eigenvalue weighted by molar-refractivity contribution is 7.23. The molecule has 0 amide bonds. The van der Waals surface area contributed by atoms with E-state index < -0.39 is 0 Å². The topological polar surface area (TPSA) is 112 Å². The van der Waals surface area contributed by atoms with Gasteiger partial charge < -0.3 is 28.4 Å². The van der Waals surface area contributed by atoms with Crippen molar-refractivity contribution in [1.29, 1.82) is 10.5 Å². The number of ether oxygens (including phenoxy) is 6. The third-order valence-corrected chi connectivity index (χ3v) is 11.7. The van der Waals surface area contributed by atoms with E-state index in [4.69, 9.17) is 41.6 Å². The standard InChI is InChI=1S/C42H34N4O6S2/c1-19(2)17-51-37-35-33-23-13-29(49-9)27(47-7)11-21(23)31(25(15-43)45-5)39(33)54-42(35)38(52-18-20(3)4)36-34-24-14-30(50-10)28(48-8)12-22(24)32(26(16-44)46-6)40(34)53-41(36)37/h11-14,19-20H,17-18H2,1-4,7-10H3/b31-25-,32-26+. The molecule has 54 heavy (non-hydrogen) atoms. The second-order valence-electron chi connectivity index (χ2n) is 13.5. The molecule has 270 valence electrons. The van der Waals surface area contributed by atoms with E-state index in [0.29, 0.717) is 70.0 Å². The Morgan fingerprint density at radius 3 is 1.22 bits per heavy atom. The van der Waals surface area contributed by atoms with Gasteiger partial charge in [-0.3, -0.25) is 0 Å². The van der Waals surface area contributed by atoms with E-state index >= 15 is 0 Å². The number of allylic oxidation sites excluding steroid dienone is 2. The van der Waals surface area contributed by atoms with E-state index in [-0.39, 0.29) is 23.2 Å². The molecule has 0 N–H and O–H groups in total. The molecule has 0 saturated carbocycles. The summed E-state index contributed by atoms with van der Waals surface area (Å²) in [6, 6.07) is 11.7. The maximum absolute atomic E-state index is 10.3. The average molecular weight is 755 g/mol. The summed E-state index contributed by atoms with van der Waals surface area (Å²) in [6.07, 6.45) is 0. The molecule has 3 aromatic carbocycles. The minimum absolute atomic E-state index is 0.0429. The lowest BCUT2D eigenvalue weighted by Crippen LogP contribution is -2.07. The van der Waals surface area contributed by atoms with Crippen LogP contribution in [-0.4, -0.2) is 41.7 Å². The van der Waals surface area contributed by atoms with Gasteiger partial charge in [0.1, 0.15) is 11.5 Å². The molecule has 2 aliphatic rings. The van der Waals surface area contributed by atoms with Crippen molar-refractivity contribution in [2.24, 2.45) is 11.8 Å². The van der Waals surface area contributed by atoms with E-state index in [1.807, 2.05) is 24.3 Å². The Morgan fingerprint density at radius 1 is 0.611 bits per heavy atom. The Kier molecular flexibility index (Phi) is 9.38. The van der Waals surface area contributed by atoms with E-state index in [1.165, 1.54) is 22.7 Å². The van der Waals surface area contributed by atoms with Crippen molar-refractivity contribution in [3.63, 3.8) is 0 Å². The van der Waals surface area contributed by atoms with Crippen LogP contribution in [0.3, 0.4) is 0 Å². The van der Waals surface area contributed by atoms with E-state index in [0.717, 1.165) is 52.2 Å². The molecule has 0 fully saturated rings. The van der Waals surface area contributed by atoms with E-state index in [2.05, 4.69) is 49.5 Å². The van der Waals surface area contributed by atoms with Crippen molar-refractivity contribution < 1.29 is 28.4 Å². The zero-order valence-corrected chi connectivity index (χ0v) is 32.6. The van der Waals surface area contributed by atoms with Crippen molar-refractivity contribution in [3.8, 4) is 68.9 Å². The molecule has 2 aliphatic carbocycles. The van der Waals surface area contributed by atoms with Crippen LogP contribution in [-0.2, 0) is 0 Å². The van der Waals surface area contributed by atoms with Crippen molar-refractivity contribution >= 4 is 54.0 Å². The number of nitriles is 2. The quantitative estimate of drug-likeness (QED) is 0.100. The Balaban J connectivity index is 1.73. The lowest BCUT2D eigenvalue weighted by atomic mass is 9.98. The molecule has 0 unspecified atom stereocenters. The number of hydrogen-bond donors (Lipinski definition) is 0. The molecule has 10 nitrogen and oxygen atoms in total. The third-order valence-electron chi connectivity index (χ3n) is 9.29. The van der Waals surface area contributed by atoms with Crippen molar-refractivity contribution in [1.82, 2.24) is 0 Å². The van der Waals surface area contributed by atoms with Crippen molar-refractivity contribution in [2.75, 3.05) is 41.7 Å². The summed E-state index contributed by atoms with van der Waals surface area (Å²) >= 11 is 2.89. The largest absolute Gasteiger partial charge is 0.493 e.